The zero-order valence-electron chi connectivity index (χ0n) is 12.5. The van der Waals surface area contributed by atoms with Crippen molar-refractivity contribution in [2.24, 2.45) is 0 Å². The van der Waals surface area contributed by atoms with Crippen molar-refractivity contribution in [3.63, 3.8) is 0 Å². The number of imidazole rings is 1. The third kappa shape index (κ3) is 3.20. The maximum absolute atomic E-state index is 12.5. The average Bonchev–Trinajstić information content (AvgIpc) is 3.00. The molecule has 22 heavy (non-hydrogen) atoms. The van der Waals surface area contributed by atoms with Crippen LogP contribution < -0.4 is 0 Å². The number of hydrogen-bond donors (Lipinski definition) is 0. The minimum atomic E-state index is 0. The molecule has 0 saturated heterocycles. The fraction of sp³-hybridized carbons (Fsp3) is 0.222. The molecule has 3 aromatic rings. The molecule has 0 spiro atoms. The predicted octanol–water partition coefficient (Wildman–Crippen LogP) is 4.29. The van der Waals surface area contributed by atoms with Crippen LogP contribution in [0.5, 0.6) is 0 Å². The van der Waals surface area contributed by atoms with Crippen molar-refractivity contribution in [3.8, 4) is 0 Å². The predicted molar refractivity (Wildman–Crippen MR) is 91.7 cm³/mol. The molecule has 0 aliphatic heterocycles. The van der Waals surface area contributed by atoms with Crippen molar-refractivity contribution in [1.82, 2.24) is 9.55 Å². The Balaban J connectivity index is 0.00000176. The first kappa shape index (κ1) is 16.2. The van der Waals surface area contributed by atoms with E-state index in [2.05, 4.69) is 24.0 Å². The molecule has 1 aromatic heterocycles. The van der Waals surface area contributed by atoms with Gasteiger partial charge in [0, 0.05) is 18.0 Å². The normalized spacial score (nSPS) is 10.4. The Morgan fingerprint density at radius 1 is 1.14 bits per heavy atom. The van der Waals surface area contributed by atoms with E-state index in [1.807, 2.05) is 30.5 Å². The fourth-order valence-electron chi connectivity index (χ4n) is 2.72. The highest BCUT2D eigenvalue weighted by Crippen LogP contribution is 2.24. The Morgan fingerprint density at radius 2 is 1.91 bits per heavy atom. The number of rotatable bonds is 5. The molecular formula is C18H19ClN2O. The molecule has 0 unspecified atom stereocenters. The number of aryl methyl sites for hydroxylation is 1. The van der Waals surface area contributed by atoms with Crippen LogP contribution in [0.1, 0.15) is 29.3 Å². The molecule has 0 fully saturated rings. The van der Waals surface area contributed by atoms with Gasteiger partial charge in [0.1, 0.15) is 0 Å². The molecule has 0 atom stereocenters. The molecular weight excluding hydrogens is 296 g/mol. The molecule has 4 heteroatoms. The summed E-state index contributed by atoms with van der Waals surface area (Å²) in [6.07, 6.45) is 7.32. The number of halogens is 1. The standard InChI is InChI=1S/C18H18N2O.ClH/c1-2-5-14-8-9-17(16-7-4-3-6-15(14)16)18(21)12-20-11-10-19-13-20;/h3-4,6-11,13H,2,5,12H2,1H3;1H. The van der Waals surface area contributed by atoms with E-state index in [1.54, 1.807) is 17.1 Å². The lowest BCUT2D eigenvalue weighted by Gasteiger charge is -2.10. The van der Waals surface area contributed by atoms with Gasteiger partial charge in [0.05, 0.1) is 12.9 Å². The first-order valence-electron chi connectivity index (χ1n) is 7.29. The lowest BCUT2D eigenvalue weighted by Crippen LogP contribution is -2.09. The summed E-state index contributed by atoms with van der Waals surface area (Å²) in [6.45, 7) is 2.50. The van der Waals surface area contributed by atoms with Gasteiger partial charge in [0.25, 0.3) is 0 Å². The van der Waals surface area contributed by atoms with Gasteiger partial charge in [-0.15, -0.1) is 12.4 Å². The van der Waals surface area contributed by atoms with Crippen LogP contribution in [0.3, 0.4) is 0 Å². The molecule has 0 aliphatic rings. The maximum Gasteiger partial charge on any atom is 0.183 e. The third-order valence-electron chi connectivity index (χ3n) is 3.72. The molecule has 0 N–H and O–H groups in total. The van der Waals surface area contributed by atoms with E-state index in [9.17, 15) is 4.79 Å². The summed E-state index contributed by atoms with van der Waals surface area (Å²) in [5.74, 6) is 0.118. The third-order valence-corrected chi connectivity index (χ3v) is 3.72. The Kier molecular flexibility index (Phi) is 5.34. The summed E-state index contributed by atoms with van der Waals surface area (Å²) in [5, 5.41) is 2.24. The van der Waals surface area contributed by atoms with Crippen molar-refractivity contribution in [2.45, 2.75) is 26.3 Å². The highest BCUT2D eigenvalue weighted by atomic mass is 35.5. The maximum atomic E-state index is 12.5. The van der Waals surface area contributed by atoms with Crippen molar-refractivity contribution in [2.75, 3.05) is 0 Å². The van der Waals surface area contributed by atoms with Crippen molar-refractivity contribution < 1.29 is 4.79 Å². The van der Waals surface area contributed by atoms with Crippen LogP contribution >= 0.6 is 12.4 Å². The van der Waals surface area contributed by atoms with Crippen LogP contribution in [0, 0.1) is 0 Å². The Labute approximate surface area is 136 Å². The first-order chi connectivity index (χ1) is 10.3. The van der Waals surface area contributed by atoms with E-state index in [1.165, 1.54) is 10.9 Å². The second kappa shape index (κ2) is 7.23. The summed E-state index contributed by atoms with van der Waals surface area (Å²) in [4.78, 5) is 16.5. The first-order valence-corrected chi connectivity index (χ1v) is 7.29. The minimum Gasteiger partial charge on any atom is -0.330 e. The number of nitrogens with zero attached hydrogens (tertiary/aromatic N) is 2. The van der Waals surface area contributed by atoms with Crippen molar-refractivity contribution >= 4 is 29.0 Å². The smallest absolute Gasteiger partial charge is 0.183 e. The Morgan fingerprint density at radius 3 is 2.59 bits per heavy atom. The number of ketones is 1. The number of carbonyl (C=O) groups is 1. The molecule has 114 valence electrons. The van der Waals surface area contributed by atoms with E-state index >= 15 is 0 Å². The van der Waals surface area contributed by atoms with Gasteiger partial charge in [-0.1, -0.05) is 49.7 Å². The highest BCUT2D eigenvalue weighted by Gasteiger charge is 2.12. The SMILES string of the molecule is CCCc1ccc(C(=O)Cn2ccnc2)c2ccccc12.Cl. The van der Waals surface area contributed by atoms with Crippen LogP contribution in [-0.2, 0) is 13.0 Å². The Hall–Kier alpha value is -2.13. The molecule has 0 radical (unpaired) electrons. The van der Waals surface area contributed by atoms with Gasteiger partial charge in [0.15, 0.2) is 5.78 Å². The molecule has 0 bridgehead atoms. The van der Waals surface area contributed by atoms with E-state index in [4.69, 9.17) is 0 Å². The van der Waals surface area contributed by atoms with Gasteiger partial charge in [0.2, 0.25) is 0 Å². The number of carbonyl (C=O) groups excluding carboxylic acids is 1. The van der Waals surface area contributed by atoms with E-state index in [0.29, 0.717) is 6.54 Å². The van der Waals surface area contributed by atoms with E-state index in [-0.39, 0.29) is 18.2 Å². The average molecular weight is 315 g/mol. The monoisotopic (exact) mass is 314 g/mol. The van der Waals surface area contributed by atoms with E-state index < -0.39 is 0 Å². The molecule has 0 aliphatic carbocycles. The quantitative estimate of drug-likeness (QED) is 0.658. The largest absolute Gasteiger partial charge is 0.330 e. The molecule has 0 amide bonds. The number of aromatic nitrogens is 2. The zero-order chi connectivity index (χ0) is 14.7. The molecule has 3 rings (SSSR count). The van der Waals surface area contributed by atoms with Gasteiger partial charge in [-0.05, 0) is 22.8 Å². The van der Waals surface area contributed by atoms with Crippen LogP contribution in [0.4, 0.5) is 0 Å². The molecule has 3 nitrogen and oxygen atoms in total. The van der Waals surface area contributed by atoms with Crippen molar-refractivity contribution in [1.29, 1.82) is 0 Å². The molecule has 2 aromatic carbocycles. The number of fused-ring (bicyclic) bond motifs is 1. The number of hydrogen-bond acceptors (Lipinski definition) is 2. The highest BCUT2D eigenvalue weighted by molar-refractivity contribution is 6.08. The fourth-order valence-corrected chi connectivity index (χ4v) is 2.72. The topological polar surface area (TPSA) is 34.9 Å². The second-order valence-corrected chi connectivity index (χ2v) is 5.23. The summed E-state index contributed by atoms with van der Waals surface area (Å²) in [5.41, 5.74) is 2.10. The molecule has 1 heterocycles. The van der Waals surface area contributed by atoms with Gasteiger partial charge in [-0.2, -0.15) is 0 Å². The second-order valence-electron chi connectivity index (χ2n) is 5.23. The van der Waals surface area contributed by atoms with Crippen LogP contribution in [-0.4, -0.2) is 15.3 Å². The van der Waals surface area contributed by atoms with Crippen LogP contribution in [0.15, 0.2) is 55.1 Å². The van der Waals surface area contributed by atoms with E-state index in [0.717, 1.165) is 23.8 Å². The summed E-state index contributed by atoms with van der Waals surface area (Å²) in [7, 11) is 0. The van der Waals surface area contributed by atoms with Gasteiger partial charge < -0.3 is 4.57 Å². The summed E-state index contributed by atoms with van der Waals surface area (Å²) in [6, 6.07) is 12.2. The van der Waals surface area contributed by atoms with Crippen molar-refractivity contribution in [3.05, 3.63) is 66.2 Å². The van der Waals surface area contributed by atoms with Gasteiger partial charge in [-0.3, -0.25) is 4.79 Å². The summed E-state index contributed by atoms with van der Waals surface area (Å²) >= 11 is 0. The lowest BCUT2D eigenvalue weighted by molar-refractivity contribution is 0.0973. The van der Waals surface area contributed by atoms with Crippen LogP contribution in [0.2, 0.25) is 0 Å². The number of benzene rings is 2. The van der Waals surface area contributed by atoms with Crippen LogP contribution in [0.25, 0.3) is 10.8 Å². The van der Waals surface area contributed by atoms with Gasteiger partial charge in [-0.25, -0.2) is 4.98 Å². The molecule has 0 saturated carbocycles. The minimum absolute atomic E-state index is 0. The Bertz CT molecular complexity index is 766. The lowest BCUT2D eigenvalue weighted by atomic mass is 9.95. The number of Topliss-reactive ketones (excluding diaryl/α,β-unsaturated/α-hetero) is 1. The zero-order valence-corrected chi connectivity index (χ0v) is 13.3. The summed E-state index contributed by atoms with van der Waals surface area (Å²) < 4.78 is 1.80. The van der Waals surface area contributed by atoms with Gasteiger partial charge >= 0.3 is 0 Å².